The van der Waals surface area contributed by atoms with Crippen molar-refractivity contribution in [1.82, 2.24) is 14.9 Å². The van der Waals surface area contributed by atoms with Crippen LogP contribution in [0, 0.1) is 5.92 Å². The first-order valence-electron chi connectivity index (χ1n) is 7.03. The van der Waals surface area contributed by atoms with E-state index in [2.05, 4.69) is 41.1 Å². The first kappa shape index (κ1) is 11.7. The molecule has 2 heterocycles. The average Bonchev–Trinajstić information content (AvgIpc) is 2.77. The molecule has 0 spiro atoms. The summed E-state index contributed by atoms with van der Waals surface area (Å²) in [5.41, 5.74) is 2.42. The zero-order valence-corrected chi connectivity index (χ0v) is 11.0. The maximum atomic E-state index is 4.82. The Morgan fingerprint density at radius 3 is 2.83 bits per heavy atom. The second-order valence-electron chi connectivity index (χ2n) is 5.16. The first-order chi connectivity index (χ1) is 8.88. The van der Waals surface area contributed by atoms with Crippen molar-refractivity contribution < 1.29 is 0 Å². The van der Waals surface area contributed by atoms with Crippen molar-refractivity contribution in [1.29, 1.82) is 0 Å². The van der Waals surface area contributed by atoms with Gasteiger partial charge >= 0.3 is 0 Å². The number of imidazole rings is 1. The summed E-state index contributed by atoms with van der Waals surface area (Å²) >= 11 is 0. The van der Waals surface area contributed by atoms with Gasteiger partial charge in [0.2, 0.25) is 0 Å². The van der Waals surface area contributed by atoms with Crippen LogP contribution in [0.25, 0.3) is 11.0 Å². The van der Waals surface area contributed by atoms with E-state index >= 15 is 0 Å². The fraction of sp³-hybridized carbons (Fsp3) is 0.533. The van der Waals surface area contributed by atoms with E-state index in [4.69, 9.17) is 4.98 Å². The van der Waals surface area contributed by atoms with Crippen molar-refractivity contribution in [2.24, 2.45) is 5.92 Å². The molecule has 1 aromatic carbocycles. The number of nitrogens with zero attached hydrogens (tertiary/aromatic N) is 2. The topological polar surface area (TPSA) is 29.9 Å². The number of para-hydroxylation sites is 2. The highest BCUT2D eigenvalue weighted by Gasteiger charge is 2.17. The number of aryl methyl sites for hydroxylation is 1. The Morgan fingerprint density at radius 1 is 1.28 bits per heavy atom. The first-order valence-corrected chi connectivity index (χ1v) is 7.03. The van der Waals surface area contributed by atoms with Gasteiger partial charge in [0.05, 0.1) is 11.0 Å². The molecule has 0 saturated carbocycles. The minimum absolute atomic E-state index is 0.799. The molecule has 1 N–H and O–H groups in total. The van der Waals surface area contributed by atoms with Crippen LogP contribution in [0.5, 0.6) is 0 Å². The molecule has 2 aromatic rings. The summed E-state index contributed by atoms with van der Waals surface area (Å²) in [6.07, 6.45) is 3.70. The molecule has 3 heteroatoms. The summed E-state index contributed by atoms with van der Waals surface area (Å²) in [5, 5.41) is 3.43. The van der Waals surface area contributed by atoms with Crippen LogP contribution in [-0.2, 0) is 13.0 Å². The third-order valence-electron chi connectivity index (χ3n) is 3.98. The Labute approximate surface area is 108 Å². The molecule has 0 aliphatic carbocycles. The number of piperidine rings is 1. The van der Waals surface area contributed by atoms with E-state index in [0.717, 1.165) is 37.5 Å². The van der Waals surface area contributed by atoms with Gasteiger partial charge in [0.15, 0.2) is 0 Å². The van der Waals surface area contributed by atoms with Crippen LogP contribution in [0.3, 0.4) is 0 Å². The van der Waals surface area contributed by atoms with Crippen LogP contribution in [0.4, 0.5) is 0 Å². The van der Waals surface area contributed by atoms with Crippen LogP contribution in [-0.4, -0.2) is 22.6 Å². The largest absolute Gasteiger partial charge is 0.328 e. The van der Waals surface area contributed by atoms with Crippen LogP contribution in [0.2, 0.25) is 0 Å². The zero-order chi connectivity index (χ0) is 12.4. The van der Waals surface area contributed by atoms with E-state index in [1.165, 1.54) is 24.2 Å². The summed E-state index contributed by atoms with van der Waals surface area (Å²) in [6, 6.07) is 8.47. The molecule has 0 unspecified atom stereocenters. The van der Waals surface area contributed by atoms with Crippen LogP contribution < -0.4 is 5.32 Å². The van der Waals surface area contributed by atoms with Gasteiger partial charge in [-0.25, -0.2) is 4.98 Å². The van der Waals surface area contributed by atoms with Gasteiger partial charge in [0.25, 0.3) is 0 Å². The maximum absolute atomic E-state index is 4.82. The quantitative estimate of drug-likeness (QED) is 0.898. The molecule has 1 aliphatic heterocycles. The predicted molar refractivity (Wildman–Crippen MR) is 74.7 cm³/mol. The molecule has 1 aliphatic rings. The summed E-state index contributed by atoms with van der Waals surface area (Å²) in [6.45, 7) is 5.55. The molecule has 0 atom stereocenters. The van der Waals surface area contributed by atoms with Crippen molar-refractivity contribution in [3.63, 3.8) is 0 Å². The number of fused-ring (bicyclic) bond motifs is 1. The van der Waals surface area contributed by atoms with Crippen LogP contribution in [0.1, 0.15) is 25.6 Å². The van der Waals surface area contributed by atoms with Gasteiger partial charge in [-0.2, -0.15) is 0 Å². The van der Waals surface area contributed by atoms with E-state index in [1.54, 1.807) is 0 Å². The van der Waals surface area contributed by atoms with Gasteiger partial charge < -0.3 is 9.88 Å². The Kier molecular flexibility index (Phi) is 3.33. The lowest BCUT2D eigenvalue weighted by Crippen LogP contribution is -2.29. The number of hydrogen-bond donors (Lipinski definition) is 1. The SMILES string of the molecule is CCn1c(CC2CCNCC2)nc2ccccc21. The molecule has 1 fully saturated rings. The van der Waals surface area contributed by atoms with Gasteiger partial charge in [-0.3, -0.25) is 0 Å². The third-order valence-corrected chi connectivity index (χ3v) is 3.98. The fourth-order valence-electron chi connectivity index (χ4n) is 2.98. The molecular formula is C15H21N3. The second-order valence-corrected chi connectivity index (χ2v) is 5.16. The summed E-state index contributed by atoms with van der Waals surface area (Å²) < 4.78 is 2.37. The Hall–Kier alpha value is -1.35. The molecule has 96 valence electrons. The lowest BCUT2D eigenvalue weighted by molar-refractivity contribution is 0.364. The van der Waals surface area contributed by atoms with Gasteiger partial charge in [0, 0.05) is 13.0 Å². The Balaban J connectivity index is 1.90. The summed E-state index contributed by atoms with van der Waals surface area (Å²) in [7, 11) is 0. The molecule has 0 bridgehead atoms. The molecule has 18 heavy (non-hydrogen) atoms. The molecule has 0 radical (unpaired) electrons. The number of benzene rings is 1. The highest BCUT2D eigenvalue weighted by Crippen LogP contribution is 2.21. The van der Waals surface area contributed by atoms with Crippen molar-refractivity contribution >= 4 is 11.0 Å². The highest BCUT2D eigenvalue weighted by molar-refractivity contribution is 5.75. The molecule has 1 aromatic heterocycles. The van der Waals surface area contributed by atoms with Crippen LogP contribution in [0.15, 0.2) is 24.3 Å². The average molecular weight is 243 g/mol. The van der Waals surface area contributed by atoms with Crippen LogP contribution >= 0.6 is 0 Å². The predicted octanol–water partition coefficient (Wildman–Crippen LogP) is 2.60. The third kappa shape index (κ3) is 2.15. The lowest BCUT2D eigenvalue weighted by atomic mass is 9.94. The van der Waals surface area contributed by atoms with E-state index in [1.807, 2.05) is 0 Å². The molecule has 3 rings (SSSR count). The maximum Gasteiger partial charge on any atom is 0.110 e. The van der Waals surface area contributed by atoms with Gasteiger partial charge in [-0.05, 0) is 50.9 Å². The lowest BCUT2D eigenvalue weighted by Gasteiger charge is -2.22. The zero-order valence-electron chi connectivity index (χ0n) is 11.0. The van der Waals surface area contributed by atoms with Gasteiger partial charge in [-0.1, -0.05) is 12.1 Å². The van der Waals surface area contributed by atoms with Crippen molar-refractivity contribution in [2.45, 2.75) is 32.7 Å². The van der Waals surface area contributed by atoms with Crippen molar-refractivity contribution in [3.8, 4) is 0 Å². The molecule has 1 saturated heterocycles. The van der Waals surface area contributed by atoms with E-state index in [9.17, 15) is 0 Å². The monoisotopic (exact) mass is 243 g/mol. The standard InChI is InChI=1S/C15H21N3/c1-2-18-14-6-4-3-5-13(14)17-15(18)11-12-7-9-16-10-8-12/h3-6,12,16H,2,7-11H2,1H3. The Morgan fingerprint density at radius 2 is 2.06 bits per heavy atom. The minimum Gasteiger partial charge on any atom is -0.328 e. The molecular weight excluding hydrogens is 222 g/mol. The van der Waals surface area contributed by atoms with E-state index in [-0.39, 0.29) is 0 Å². The second kappa shape index (κ2) is 5.11. The normalized spacial score (nSPS) is 17.4. The van der Waals surface area contributed by atoms with E-state index < -0.39 is 0 Å². The Bertz CT molecular complexity index is 524. The van der Waals surface area contributed by atoms with Crippen molar-refractivity contribution in [2.75, 3.05) is 13.1 Å². The number of aromatic nitrogens is 2. The smallest absolute Gasteiger partial charge is 0.110 e. The molecule has 0 amide bonds. The van der Waals surface area contributed by atoms with Crippen molar-refractivity contribution in [3.05, 3.63) is 30.1 Å². The fourth-order valence-corrected chi connectivity index (χ4v) is 2.98. The number of rotatable bonds is 3. The van der Waals surface area contributed by atoms with E-state index in [0.29, 0.717) is 0 Å². The minimum atomic E-state index is 0.799. The van der Waals surface area contributed by atoms with Gasteiger partial charge in [-0.15, -0.1) is 0 Å². The molecule has 3 nitrogen and oxygen atoms in total. The highest BCUT2D eigenvalue weighted by atomic mass is 15.1. The number of nitrogens with one attached hydrogen (secondary N) is 1. The summed E-state index contributed by atoms with van der Waals surface area (Å²) in [4.78, 5) is 4.82. The number of hydrogen-bond acceptors (Lipinski definition) is 2. The summed E-state index contributed by atoms with van der Waals surface area (Å²) in [5.74, 6) is 2.07. The van der Waals surface area contributed by atoms with Gasteiger partial charge in [0.1, 0.15) is 5.82 Å².